The summed E-state index contributed by atoms with van der Waals surface area (Å²) in [4.78, 5) is 28.1. The second kappa shape index (κ2) is 7.43. The molecule has 0 aliphatic carbocycles. The average molecular weight is 448 g/mol. The molecule has 2 aromatic carbocycles. The highest BCUT2D eigenvalue weighted by atomic mass is 35.5. The first-order valence-corrected chi connectivity index (χ1v) is 10.4. The first-order chi connectivity index (χ1) is 15.3. The number of nitrogens with zero attached hydrogens (tertiary/aromatic N) is 1. The normalized spacial score (nSPS) is 16.4. The van der Waals surface area contributed by atoms with E-state index in [1.54, 1.807) is 55.5 Å². The Morgan fingerprint density at radius 3 is 2.53 bits per heavy atom. The number of rotatable bonds is 4. The molecule has 1 unspecified atom stereocenters. The number of carbonyl (C=O) groups excluding carboxylic acids is 2. The van der Waals surface area contributed by atoms with Crippen LogP contribution in [0.1, 0.15) is 33.7 Å². The van der Waals surface area contributed by atoms with E-state index in [-0.39, 0.29) is 11.3 Å². The molecule has 3 heterocycles. The molecule has 1 atom stereocenters. The van der Waals surface area contributed by atoms with Crippen LogP contribution >= 0.6 is 11.6 Å². The van der Waals surface area contributed by atoms with Gasteiger partial charge >= 0.3 is 0 Å². The van der Waals surface area contributed by atoms with Crippen LogP contribution in [0.15, 0.2) is 80.8 Å². The van der Waals surface area contributed by atoms with E-state index in [4.69, 9.17) is 20.4 Å². The third kappa shape index (κ3) is 3.11. The van der Waals surface area contributed by atoms with Gasteiger partial charge in [0.25, 0.3) is 5.91 Å². The number of carbonyl (C=O) groups is 2. The molecule has 0 saturated carbocycles. The van der Waals surface area contributed by atoms with E-state index in [0.29, 0.717) is 33.2 Å². The van der Waals surface area contributed by atoms with Crippen LogP contribution in [0, 0.1) is 13.8 Å². The molecule has 2 aromatic heterocycles. The summed E-state index contributed by atoms with van der Waals surface area (Å²) in [6.07, 6.45) is 0. The number of hydrogen-bond acceptors (Lipinski definition) is 5. The van der Waals surface area contributed by atoms with Crippen LogP contribution in [0.25, 0.3) is 11.0 Å². The molecule has 1 aliphatic heterocycles. The van der Waals surface area contributed by atoms with Gasteiger partial charge in [0.1, 0.15) is 23.1 Å². The fraction of sp³-hybridized carbons (Fsp3) is 0.120. The summed E-state index contributed by atoms with van der Waals surface area (Å²) in [5, 5.41) is 12.0. The molecule has 160 valence electrons. The summed E-state index contributed by atoms with van der Waals surface area (Å²) in [6, 6.07) is 16.3. The van der Waals surface area contributed by atoms with E-state index in [1.165, 1.54) is 4.90 Å². The zero-order chi connectivity index (χ0) is 22.6. The number of ketones is 1. The lowest BCUT2D eigenvalue weighted by Crippen LogP contribution is -2.31. The topological polar surface area (TPSA) is 83.9 Å². The number of halogens is 1. The number of para-hydroxylation sites is 1. The van der Waals surface area contributed by atoms with Crippen molar-refractivity contribution in [1.82, 2.24) is 0 Å². The van der Waals surface area contributed by atoms with Crippen LogP contribution in [0.3, 0.4) is 0 Å². The van der Waals surface area contributed by atoms with Crippen LogP contribution in [0.5, 0.6) is 0 Å². The number of amides is 1. The predicted octanol–water partition coefficient (Wildman–Crippen LogP) is 6.08. The molecule has 4 aromatic rings. The molecule has 0 saturated heterocycles. The van der Waals surface area contributed by atoms with Crippen molar-refractivity contribution < 1.29 is 23.5 Å². The number of furan rings is 2. The van der Waals surface area contributed by atoms with E-state index >= 15 is 0 Å². The number of Topliss-reactive ketones (excluding diaryl/α,β-unsaturated/α-hetero) is 1. The Hall–Kier alpha value is -3.77. The molecule has 0 spiro atoms. The molecule has 0 radical (unpaired) electrons. The van der Waals surface area contributed by atoms with E-state index in [0.717, 1.165) is 5.56 Å². The van der Waals surface area contributed by atoms with Gasteiger partial charge in [-0.2, -0.15) is 0 Å². The smallest absolute Gasteiger partial charge is 0.294 e. The van der Waals surface area contributed by atoms with Crippen molar-refractivity contribution in [3.05, 3.63) is 99.9 Å². The summed E-state index contributed by atoms with van der Waals surface area (Å²) in [5.41, 5.74) is 1.76. The molecule has 1 amide bonds. The molecule has 1 aliphatic rings. The Kier molecular flexibility index (Phi) is 4.68. The maximum Gasteiger partial charge on any atom is 0.294 e. The summed E-state index contributed by atoms with van der Waals surface area (Å²) < 4.78 is 11.5. The lowest BCUT2D eigenvalue weighted by atomic mass is 9.99. The third-order valence-corrected chi connectivity index (χ3v) is 5.80. The molecule has 0 bridgehead atoms. The lowest BCUT2D eigenvalue weighted by Gasteiger charge is -2.26. The van der Waals surface area contributed by atoms with Crippen LogP contribution in [0.4, 0.5) is 5.69 Å². The van der Waals surface area contributed by atoms with Gasteiger partial charge in [-0.15, -0.1) is 0 Å². The van der Waals surface area contributed by atoms with Crippen LogP contribution in [0.2, 0.25) is 5.02 Å². The second-order valence-electron chi connectivity index (χ2n) is 7.70. The molecule has 6 nitrogen and oxygen atoms in total. The zero-order valence-electron chi connectivity index (χ0n) is 17.3. The van der Waals surface area contributed by atoms with Gasteiger partial charge in [0.2, 0.25) is 5.78 Å². The Balaban J connectivity index is 1.67. The van der Waals surface area contributed by atoms with Crippen molar-refractivity contribution in [1.29, 1.82) is 0 Å². The molecule has 1 N–H and O–H groups in total. The van der Waals surface area contributed by atoms with Crippen molar-refractivity contribution in [2.75, 3.05) is 4.90 Å². The fourth-order valence-electron chi connectivity index (χ4n) is 4.05. The fourth-order valence-corrected chi connectivity index (χ4v) is 4.23. The minimum atomic E-state index is -0.943. The van der Waals surface area contributed by atoms with Gasteiger partial charge in [0, 0.05) is 16.1 Å². The molecular weight excluding hydrogens is 430 g/mol. The van der Waals surface area contributed by atoms with Crippen LogP contribution in [-0.4, -0.2) is 16.8 Å². The predicted molar refractivity (Wildman–Crippen MR) is 120 cm³/mol. The molecule has 0 fully saturated rings. The number of aryl methyl sites for hydroxylation is 2. The highest BCUT2D eigenvalue weighted by molar-refractivity contribution is 6.31. The first kappa shape index (κ1) is 20.2. The first-order valence-electron chi connectivity index (χ1n) is 9.97. The number of anilines is 1. The summed E-state index contributed by atoms with van der Waals surface area (Å²) in [6.45, 7) is 3.62. The van der Waals surface area contributed by atoms with Crippen LogP contribution < -0.4 is 4.90 Å². The molecule has 7 heteroatoms. The zero-order valence-corrected chi connectivity index (χ0v) is 18.0. The molecule has 32 heavy (non-hydrogen) atoms. The number of fused-ring (bicyclic) bond motifs is 1. The average Bonchev–Trinajstić information content (AvgIpc) is 3.45. The van der Waals surface area contributed by atoms with Gasteiger partial charge in [-0.1, -0.05) is 29.8 Å². The van der Waals surface area contributed by atoms with Gasteiger partial charge in [0.15, 0.2) is 11.5 Å². The number of aliphatic hydroxyl groups is 1. The van der Waals surface area contributed by atoms with Gasteiger partial charge in [-0.25, -0.2) is 0 Å². The van der Waals surface area contributed by atoms with E-state index in [1.807, 2.05) is 19.1 Å². The number of aliphatic hydroxyl groups excluding tert-OH is 1. The van der Waals surface area contributed by atoms with Crippen molar-refractivity contribution in [3.8, 4) is 0 Å². The largest absolute Gasteiger partial charge is 0.503 e. The maximum absolute atomic E-state index is 13.5. The van der Waals surface area contributed by atoms with Crippen molar-refractivity contribution in [3.63, 3.8) is 0 Å². The summed E-state index contributed by atoms with van der Waals surface area (Å²) in [5.74, 6) is -0.925. The monoisotopic (exact) mass is 447 g/mol. The van der Waals surface area contributed by atoms with Crippen molar-refractivity contribution in [2.24, 2.45) is 0 Å². The maximum atomic E-state index is 13.5. The Bertz CT molecular complexity index is 1430. The standard InChI is InChI=1S/C25H18ClNO5/c1-13-5-3-4-6-17(13)27-22(19-9-7-14(2)31-19)21(24(29)25(27)30)23(28)20-12-15-11-16(26)8-10-18(15)32-20/h3-12,22,29H,1-2H3. The van der Waals surface area contributed by atoms with E-state index < -0.39 is 23.5 Å². The third-order valence-electron chi connectivity index (χ3n) is 5.56. The van der Waals surface area contributed by atoms with Gasteiger partial charge in [0.05, 0.1) is 5.57 Å². The quantitative estimate of drug-likeness (QED) is 0.383. The minimum absolute atomic E-state index is 0.00321. The van der Waals surface area contributed by atoms with Crippen molar-refractivity contribution in [2.45, 2.75) is 19.9 Å². The lowest BCUT2D eigenvalue weighted by molar-refractivity contribution is -0.117. The van der Waals surface area contributed by atoms with E-state index in [2.05, 4.69) is 0 Å². The second-order valence-corrected chi connectivity index (χ2v) is 8.13. The van der Waals surface area contributed by atoms with Gasteiger partial charge in [-0.3, -0.25) is 14.5 Å². The summed E-state index contributed by atoms with van der Waals surface area (Å²) in [7, 11) is 0. The van der Waals surface area contributed by atoms with Gasteiger partial charge < -0.3 is 13.9 Å². The number of benzene rings is 2. The van der Waals surface area contributed by atoms with Gasteiger partial charge in [-0.05, 0) is 61.9 Å². The van der Waals surface area contributed by atoms with Crippen LogP contribution in [-0.2, 0) is 4.79 Å². The van der Waals surface area contributed by atoms with Crippen molar-refractivity contribution >= 4 is 39.9 Å². The molecular formula is C25H18ClNO5. The molecule has 5 rings (SSSR count). The highest BCUT2D eigenvalue weighted by Gasteiger charge is 2.47. The Morgan fingerprint density at radius 2 is 1.81 bits per heavy atom. The summed E-state index contributed by atoms with van der Waals surface area (Å²) >= 11 is 6.04. The Morgan fingerprint density at radius 1 is 1.03 bits per heavy atom. The number of hydrogen-bond donors (Lipinski definition) is 1. The SMILES string of the molecule is Cc1ccc(C2C(C(=O)c3cc4cc(Cl)ccc4o3)=C(O)C(=O)N2c2ccccc2C)o1. The van der Waals surface area contributed by atoms with E-state index in [9.17, 15) is 14.7 Å². The minimum Gasteiger partial charge on any atom is -0.503 e. The Labute approximate surface area is 188 Å². The highest BCUT2D eigenvalue weighted by Crippen LogP contribution is 2.43.